The third kappa shape index (κ3) is 6.59. The molecule has 0 aliphatic carbocycles. The van der Waals surface area contributed by atoms with Crippen LogP contribution >= 0.6 is 0 Å². The summed E-state index contributed by atoms with van der Waals surface area (Å²) in [6.45, 7) is 1.25. The number of carbonyl (C=O) groups excluding carboxylic acids is 4. The van der Waals surface area contributed by atoms with E-state index in [2.05, 4.69) is 4.98 Å². The zero-order valence-corrected chi connectivity index (χ0v) is 24.8. The van der Waals surface area contributed by atoms with Gasteiger partial charge in [-0.05, 0) is 0 Å². The van der Waals surface area contributed by atoms with Crippen molar-refractivity contribution in [3.8, 4) is 0 Å². The van der Waals surface area contributed by atoms with Crippen molar-refractivity contribution < 1.29 is 42.9 Å². The summed E-state index contributed by atoms with van der Waals surface area (Å²) in [7, 11) is 0. The standard InChI is InChI=1S/C32H27NO9Se/c1-2-38-30(37)24-20-43-31(33-24)32(42-29(36)23-16-10-5-11-17-23)25(18-40-27(34)21-12-6-3-7-13-21)39-19-26(32)41-28(35)22-14-8-4-9-15-22/h3-17,20,25-26H,2,18-19H2,1H3/t25-,26+,32+/m1/s1. The molecule has 0 radical (unpaired) electrons. The second-order valence-corrected chi connectivity index (χ2v) is 11.2. The number of benzene rings is 3. The van der Waals surface area contributed by atoms with E-state index in [4.69, 9.17) is 23.7 Å². The van der Waals surface area contributed by atoms with Gasteiger partial charge >= 0.3 is 254 Å². The summed E-state index contributed by atoms with van der Waals surface area (Å²) in [5, 5.41) is 0. The zero-order valence-electron chi connectivity index (χ0n) is 23.0. The van der Waals surface area contributed by atoms with Gasteiger partial charge in [0.1, 0.15) is 0 Å². The van der Waals surface area contributed by atoms with Gasteiger partial charge in [0.05, 0.1) is 0 Å². The first-order valence-corrected chi connectivity index (χ1v) is 15.3. The maximum atomic E-state index is 13.6. The molecule has 4 aromatic rings. The molecule has 0 spiro atoms. The van der Waals surface area contributed by atoms with E-state index in [0.717, 1.165) is 0 Å². The molecule has 1 saturated heterocycles. The normalized spacial score (nSPS) is 19.3. The van der Waals surface area contributed by atoms with Crippen LogP contribution in [0.3, 0.4) is 0 Å². The summed E-state index contributed by atoms with van der Waals surface area (Å²) in [6.07, 6.45) is -2.32. The molecule has 1 aliphatic heterocycles. The van der Waals surface area contributed by atoms with E-state index in [1.165, 1.54) is 0 Å². The summed E-state index contributed by atoms with van der Waals surface area (Å²) < 4.78 is 29.2. The molecule has 1 aliphatic rings. The number of ether oxygens (including phenoxy) is 5. The van der Waals surface area contributed by atoms with E-state index < -0.39 is 56.2 Å². The Hall–Kier alpha value is -4.57. The Bertz CT molecular complexity index is 1580. The SMILES string of the molecule is CCOC(=O)c1c[se]c([C@@]2(OC(=O)c3ccccc3)[C@@H](OC(=O)c3ccccc3)CO[C@@H]2COC(=O)c2ccccc2)n1. The quantitative estimate of drug-likeness (QED) is 0.142. The van der Waals surface area contributed by atoms with Gasteiger partial charge < -0.3 is 0 Å². The summed E-state index contributed by atoms with van der Waals surface area (Å²) in [5.74, 6) is -2.69. The van der Waals surface area contributed by atoms with Crippen LogP contribution in [0.4, 0.5) is 0 Å². The van der Waals surface area contributed by atoms with Crippen LogP contribution in [0.5, 0.6) is 0 Å². The number of rotatable bonds is 10. The molecule has 0 bridgehead atoms. The minimum atomic E-state index is -1.83. The van der Waals surface area contributed by atoms with Crippen LogP contribution in [0.2, 0.25) is 0 Å². The van der Waals surface area contributed by atoms with Gasteiger partial charge in [-0.3, -0.25) is 0 Å². The average Bonchev–Trinajstić information content (AvgIpc) is 3.67. The van der Waals surface area contributed by atoms with E-state index in [9.17, 15) is 19.2 Å². The van der Waals surface area contributed by atoms with Gasteiger partial charge in [-0.15, -0.1) is 0 Å². The van der Waals surface area contributed by atoms with Crippen molar-refractivity contribution >= 4 is 38.4 Å². The average molecular weight is 649 g/mol. The second kappa shape index (κ2) is 13.6. The van der Waals surface area contributed by atoms with Gasteiger partial charge in [0.15, 0.2) is 0 Å². The molecule has 5 rings (SSSR count). The molecule has 3 aromatic carbocycles. The van der Waals surface area contributed by atoms with Crippen molar-refractivity contribution in [2.45, 2.75) is 24.7 Å². The molecule has 43 heavy (non-hydrogen) atoms. The van der Waals surface area contributed by atoms with Gasteiger partial charge in [-0.2, -0.15) is 0 Å². The van der Waals surface area contributed by atoms with E-state index >= 15 is 0 Å². The molecular weight excluding hydrogens is 621 g/mol. The van der Waals surface area contributed by atoms with E-state index in [-0.39, 0.29) is 41.2 Å². The third-order valence-electron chi connectivity index (χ3n) is 6.63. The van der Waals surface area contributed by atoms with Crippen LogP contribution in [-0.4, -0.2) is 75.4 Å². The fourth-order valence-corrected chi connectivity index (χ4v) is 6.64. The second-order valence-electron chi connectivity index (χ2n) is 9.35. The first kappa shape index (κ1) is 29.9. The van der Waals surface area contributed by atoms with Crippen molar-refractivity contribution in [3.63, 3.8) is 0 Å². The molecule has 0 N–H and O–H groups in total. The molecular formula is C32H27NO9Se. The van der Waals surface area contributed by atoms with Crippen LogP contribution in [-0.2, 0) is 29.3 Å². The summed E-state index contributed by atoms with van der Waals surface area (Å²) in [6, 6.07) is 25.0. The molecule has 1 aromatic heterocycles. The van der Waals surface area contributed by atoms with Crippen LogP contribution in [0, 0.1) is 0 Å². The van der Waals surface area contributed by atoms with Crippen molar-refractivity contribution in [2.24, 2.45) is 0 Å². The van der Waals surface area contributed by atoms with Crippen molar-refractivity contribution in [1.29, 1.82) is 0 Å². The zero-order chi connectivity index (χ0) is 30.2. The third-order valence-corrected chi connectivity index (χ3v) is 8.68. The van der Waals surface area contributed by atoms with Gasteiger partial charge in [-0.25, -0.2) is 0 Å². The van der Waals surface area contributed by atoms with Gasteiger partial charge in [0.25, 0.3) is 0 Å². The Balaban J connectivity index is 1.56. The Morgan fingerprint density at radius 1 is 0.791 bits per heavy atom. The Morgan fingerprint density at radius 2 is 1.35 bits per heavy atom. The number of carbonyl (C=O) groups is 4. The molecule has 0 unspecified atom stereocenters. The molecule has 3 atom stereocenters. The van der Waals surface area contributed by atoms with Crippen LogP contribution in [0.1, 0.15) is 53.1 Å². The first-order chi connectivity index (χ1) is 20.9. The van der Waals surface area contributed by atoms with Crippen molar-refractivity contribution in [2.75, 3.05) is 19.8 Å². The van der Waals surface area contributed by atoms with Crippen LogP contribution < -0.4 is 0 Å². The molecule has 10 nitrogen and oxygen atoms in total. The molecule has 1 fully saturated rings. The fourth-order valence-electron chi connectivity index (χ4n) is 4.52. The molecule has 220 valence electrons. The number of nitrogens with zero attached hydrogens (tertiary/aromatic N) is 1. The Kier molecular flexibility index (Phi) is 9.46. The number of esters is 4. The predicted molar refractivity (Wildman–Crippen MR) is 153 cm³/mol. The van der Waals surface area contributed by atoms with Crippen LogP contribution in [0.15, 0.2) is 95.9 Å². The summed E-state index contributed by atoms with van der Waals surface area (Å²) in [5.41, 5.74) is -0.986. The first-order valence-electron chi connectivity index (χ1n) is 13.4. The predicted octanol–water partition coefficient (Wildman–Crippen LogP) is 3.85. The van der Waals surface area contributed by atoms with Gasteiger partial charge in [0, 0.05) is 0 Å². The number of hydrogen-bond donors (Lipinski definition) is 0. The molecule has 0 saturated carbocycles. The van der Waals surface area contributed by atoms with E-state index in [1.807, 2.05) is 0 Å². The Labute approximate surface area is 253 Å². The monoisotopic (exact) mass is 649 g/mol. The number of hydrogen-bond acceptors (Lipinski definition) is 10. The van der Waals surface area contributed by atoms with E-state index in [0.29, 0.717) is 5.56 Å². The van der Waals surface area contributed by atoms with Crippen molar-refractivity contribution in [3.05, 3.63) is 123 Å². The minimum absolute atomic E-state index is 0.0343. The fraction of sp³-hybridized carbons (Fsp3) is 0.219. The number of aromatic nitrogens is 1. The molecule has 0 amide bonds. The summed E-state index contributed by atoms with van der Waals surface area (Å²) in [4.78, 5) is 58.4. The summed E-state index contributed by atoms with van der Waals surface area (Å²) >= 11 is -0.647. The topological polar surface area (TPSA) is 127 Å². The van der Waals surface area contributed by atoms with Gasteiger partial charge in [0.2, 0.25) is 0 Å². The molecule has 11 heteroatoms. The van der Waals surface area contributed by atoms with Crippen LogP contribution in [0.25, 0.3) is 0 Å². The van der Waals surface area contributed by atoms with Gasteiger partial charge in [-0.1, -0.05) is 0 Å². The van der Waals surface area contributed by atoms with Crippen molar-refractivity contribution in [1.82, 2.24) is 4.98 Å². The maximum absolute atomic E-state index is 13.6. The molecule has 2 heterocycles. The van der Waals surface area contributed by atoms with E-state index in [1.54, 1.807) is 103 Å². The Morgan fingerprint density at radius 3 is 1.93 bits per heavy atom.